The molecular weight excluding hydrogens is 128 g/mol. The van der Waals surface area contributed by atoms with Gasteiger partial charge in [-0.05, 0) is 12.1 Å². The van der Waals surface area contributed by atoms with Crippen molar-refractivity contribution in [2.24, 2.45) is 0 Å². The van der Waals surface area contributed by atoms with Gasteiger partial charge in [0, 0.05) is 6.20 Å². The van der Waals surface area contributed by atoms with Crippen LogP contribution in [0.4, 0.5) is 0 Å². The first kappa shape index (κ1) is 6.36. The number of aromatic nitrogens is 1. The van der Waals surface area contributed by atoms with Crippen LogP contribution in [0, 0.1) is 16.7 Å². The molecular formula is C6H6N4. The Morgan fingerprint density at radius 3 is 2.80 bits per heavy atom. The van der Waals surface area contributed by atoms with E-state index in [1.807, 2.05) is 6.07 Å². The fourth-order valence-corrected chi connectivity index (χ4v) is 0.583. The van der Waals surface area contributed by atoms with Crippen LogP contribution in [-0.2, 0) is 0 Å². The van der Waals surface area contributed by atoms with Gasteiger partial charge in [-0.3, -0.25) is 10.1 Å². The molecule has 0 aliphatic rings. The molecule has 0 radical (unpaired) electrons. The zero-order valence-electron chi connectivity index (χ0n) is 5.20. The van der Waals surface area contributed by atoms with E-state index in [0.29, 0.717) is 5.56 Å². The Morgan fingerprint density at radius 1 is 1.60 bits per heavy atom. The van der Waals surface area contributed by atoms with Gasteiger partial charge in [-0.15, -0.1) is 0 Å². The summed E-state index contributed by atoms with van der Waals surface area (Å²) in [7, 11) is 0. The van der Waals surface area contributed by atoms with Crippen molar-refractivity contribution in [3.63, 3.8) is 0 Å². The topological polar surface area (TPSA) is 78.6 Å². The number of nitrogens with two attached hydrogens (primary N) is 1. The van der Waals surface area contributed by atoms with Gasteiger partial charge < -0.3 is 5.84 Å². The predicted molar refractivity (Wildman–Crippen MR) is 35.2 cm³/mol. The molecule has 0 aromatic carbocycles. The van der Waals surface area contributed by atoms with E-state index in [2.05, 4.69) is 0 Å². The van der Waals surface area contributed by atoms with Crippen LogP contribution in [0.1, 0.15) is 5.56 Å². The smallest absolute Gasteiger partial charge is 0.143 e. The van der Waals surface area contributed by atoms with Gasteiger partial charge in [0.25, 0.3) is 0 Å². The van der Waals surface area contributed by atoms with Crippen molar-refractivity contribution >= 4 is 0 Å². The highest BCUT2D eigenvalue weighted by atomic mass is 15.3. The van der Waals surface area contributed by atoms with Gasteiger partial charge in [-0.25, -0.2) is 0 Å². The minimum absolute atomic E-state index is 0.180. The third-order valence-corrected chi connectivity index (χ3v) is 1.11. The Balaban J connectivity index is 3.34. The molecule has 0 aliphatic heterocycles. The van der Waals surface area contributed by atoms with Gasteiger partial charge in [0.15, 0.2) is 0 Å². The summed E-state index contributed by atoms with van der Waals surface area (Å²) in [5.74, 6) is 5.27. The summed E-state index contributed by atoms with van der Waals surface area (Å²) in [6.45, 7) is 0. The maximum Gasteiger partial charge on any atom is 0.143 e. The second-order valence-electron chi connectivity index (χ2n) is 1.82. The zero-order chi connectivity index (χ0) is 7.56. The lowest BCUT2D eigenvalue weighted by Crippen LogP contribution is -2.25. The molecule has 4 heteroatoms. The number of nitrogen functional groups attached to an aromatic ring is 1. The number of nitriles is 1. The fraction of sp³-hybridized carbons (Fsp3) is 0. The van der Waals surface area contributed by atoms with E-state index in [1.165, 1.54) is 12.3 Å². The van der Waals surface area contributed by atoms with Crippen LogP contribution in [0.3, 0.4) is 0 Å². The largest absolute Gasteiger partial charge is 0.338 e. The summed E-state index contributed by atoms with van der Waals surface area (Å²) in [6.07, 6.45) is 1.41. The molecule has 1 aromatic heterocycles. The molecule has 0 unspecified atom stereocenters. The van der Waals surface area contributed by atoms with E-state index in [1.54, 1.807) is 6.07 Å². The van der Waals surface area contributed by atoms with E-state index in [4.69, 9.17) is 16.5 Å². The number of hydrogen-bond donors (Lipinski definition) is 2. The molecule has 0 atom stereocenters. The Kier molecular flexibility index (Phi) is 1.42. The zero-order valence-corrected chi connectivity index (χ0v) is 5.20. The first-order valence-corrected chi connectivity index (χ1v) is 2.66. The van der Waals surface area contributed by atoms with Crippen LogP contribution in [-0.4, -0.2) is 4.68 Å². The molecule has 0 amide bonds. The quantitative estimate of drug-likeness (QED) is 0.471. The number of rotatable bonds is 0. The van der Waals surface area contributed by atoms with E-state index in [-0.39, 0.29) is 5.49 Å². The molecule has 0 fully saturated rings. The Bertz CT molecular complexity index is 330. The van der Waals surface area contributed by atoms with Crippen molar-refractivity contribution in [2.75, 3.05) is 5.84 Å². The third kappa shape index (κ3) is 0.977. The molecule has 0 saturated heterocycles. The van der Waals surface area contributed by atoms with Crippen molar-refractivity contribution in [1.82, 2.24) is 4.68 Å². The van der Waals surface area contributed by atoms with Gasteiger partial charge in [-0.1, -0.05) is 0 Å². The van der Waals surface area contributed by atoms with E-state index in [9.17, 15) is 0 Å². The summed E-state index contributed by atoms with van der Waals surface area (Å²) >= 11 is 0. The average molecular weight is 134 g/mol. The van der Waals surface area contributed by atoms with Crippen LogP contribution in [0.5, 0.6) is 0 Å². The van der Waals surface area contributed by atoms with Gasteiger partial charge in [0.1, 0.15) is 11.6 Å². The average Bonchev–Trinajstić information content (AvgIpc) is 1.95. The number of pyridine rings is 1. The Labute approximate surface area is 57.6 Å². The van der Waals surface area contributed by atoms with Gasteiger partial charge in [0.05, 0.1) is 5.56 Å². The molecule has 0 bridgehead atoms. The maximum absolute atomic E-state index is 8.37. The van der Waals surface area contributed by atoms with Crippen LogP contribution in [0.15, 0.2) is 18.3 Å². The summed E-state index contributed by atoms with van der Waals surface area (Å²) in [5, 5.41) is 15.5. The van der Waals surface area contributed by atoms with Crippen molar-refractivity contribution < 1.29 is 0 Å². The van der Waals surface area contributed by atoms with Crippen LogP contribution in [0.2, 0.25) is 0 Å². The highest BCUT2D eigenvalue weighted by Gasteiger charge is 1.88. The minimum Gasteiger partial charge on any atom is -0.338 e. The van der Waals surface area contributed by atoms with E-state index in [0.717, 1.165) is 4.68 Å². The molecule has 0 spiro atoms. The normalized spacial score (nSPS) is 8.70. The second kappa shape index (κ2) is 2.23. The van der Waals surface area contributed by atoms with E-state index >= 15 is 0 Å². The van der Waals surface area contributed by atoms with Gasteiger partial charge in [-0.2, -0.15) is 5.26 Å². The number of nitrogens with zero attached hydrogens (tertiary/aromatic N) is 2. The molecule has 1 heterocycles. The van der Waals surface area contributed by atoms with Crippen LogP contribution < -0.4 is 11.3 Å². The molecule has 0 saturated carbocycles. The van der Waals surface area contributed by atoms with Crippen LogP contribution >= 0.6 is 0 Å². The monoisotopic (exact) mass is 134 g/mol. The van der Waals surface area contributed by atoms with Gasteiger partial charge in [0.2, 0.25) is 0 Å². The molecule has 0 aliphatic carbocycles. The number of nitrogens with one attached hydrogen (secondary N) is 1. The lowest BCUT2D eigenvalue weighted by atomic mass is 10.3. The van der Waals surface area contributed by atoms with Crippen molar-refractivity contribution in [3.05, 3.63) is 29.4 Å². The summed E-state index contributed by atoms with van der Waals surface area (Å²) in [4.78, 5) is 0. The fourth-order valence-electron chi connectivity index (χ4n) is 0.583. The Hall–Kier alpha value is -1.76. The predicted octanol–water partition coefficient (Wildman–Crippen LogP) is -0.447. The molecule has 50 valence electrons. The summed E-state index contributed by atoms with van der Waals surface area (Å²) < 4.78 is 1.10. The highest BCUT2D eigenvalue weighted by Crippen LogP contribution is 1.87. The minimum atomic E-state index is 0.180. The first-order chi connectivity index (χ1) is 4.74. The maximum atomic E-state index is 8.37. The molecule has 3 N–H and O–H groups in total. The van der Waals surface area contributed by atoms with Crippen LogP contribution in [0.25, 0.3) is 0 Å². The molecule has 1 aromatic rings. The first-order valence-electron chi connectivity index (χ1n) is 2.66. The lowest BCUT2D eigenvalue weighted by Gasteiger charge is -1.95. The third-order valence-electron chi connectivity index (χ3n) is 1.11. The SMILES string of the molecule is N#Cc1ccc(=N)n(N)c1. The Morgan fingerprint density at radius 2 is 2.30 bits per heavy atom. The molecule has 10 heavy (non-hydrogen) atoms. The molecule has 4 nitrogen and oxygen atoms in total. The number of hydrogen-bond acceptors (Lipinski definition) is 3. The molecule has 1 rings (SSSR count). The van der Waals surface area contributed by atoms with E-state index < -0.39 is 0 Å². The summed E-state index contributed by atoms with van der Waals surface area (Å²) in [6, 6.07) is 4.93. The van der Waals surface area contributed by atoms with Crippen molar-refractivity contribution in [3.8, 4) is 6.07 Å². The standard InChI is InChI=1S/C6H6N4/c7-3-5-1-2-6(8)10(9)4-5/h1-2,4,8H,9H2. The van der Waals surface area contributed by atoms with Gasteiger partial charge >= 0.3 is 0 Å². The summed E-state index contributed by atoms with van der Waals surface area (Å²) in [5.41, 5.74) is 0.637. The lowest BCUT2D eigenvalue weighted by molar-refractivity contribution is 0.877. The van der Waals surface area contributed by atoms with Crippen molar-refractivity contribution in [2.45, 2.75) is 0 Å². The second-order valence-corrected chi connectivity index (χ2v) is 1.82. The van der Waals surface area contributed by atoms with Crippen molar-refractivity contribution in [1.29, 1.82) is 10.7 Å². The highest BCUT2D eigenvalue weighted by molar-refractivity contribution is 5.24.